The monoisotopic (exact) mass is 342 g/mol. The third-order valence-electron chi connectivity index (χ3n) is 3.32. The predicted octanol–water partition coefficient (Wildman–Crippen LogP) is 2.91. The minimum Gasteiger partial charge on any atom is -0.508 e. The van der Waals surface area contributed by atoms with Gasteiger partial charge >= 0.3 is 0 Å². The maximum atomic E-state index is 9.81. The van der Waals surface area contributed by atoms with E-state index in [2.05, 4.69) is 15.3 Å². The third kappa shape index (κ3) is 3.13. The molecule has 3 rings (SSSR count). The second-order valence-electron chi connectivity index (χ2n) is 4.88. The summed E-state index contributed by atoms with van der Waals surface area (Å²) in [6.07, 6.45) is 1.44. The van der Waals surface area contributed by atoms with E-state index < -0.39 is 0 Å². The Kier molecular flexibility index (Phi) is 4.30. The van der Waals surface area contributed by atoms with E-state index in [4.69, 9.17) is 17.0 Å². The number of H-pyrrole nitrogens is 1. The fraction of sp³-hybridized carbons (Fsp3) is 0.0625. The van der Waals surface area contributed by atoms with E-state index in [1.54, 1.807) is 13.2 Å². The van der Waals surface area contributed by atoms with E-state index >= 15 is 0 Å². The number of rotatable bonds is 4. The lowest BCUT2D eigenvalue weighted by Crippen LogP contribution is -1.95. The Balaban J connectivity index is 1.98. The number of nitrogens with one attached hydrogen (secondary N) is 1. The van der Waals surface area contributed by atoms with Crippen molar-refractivity contribution in [2.75, 3.05) is 7.11 Å². The van der Waals surface area contributed by atoms with Gasteiger partial charge in [0.1, 0.15) is 17.2 Å². The van der Waals surface area contributed by atoms with Crippen molar-refractivity contribution in [2.24, 2.45) is 5.10 Å². The number of phenols is 2. The van der Waals surface area contributed by atoms with Crippen molar-refractivity contribution in [3.63, 3.8) is 0 Å². The molecule has 0 fully saturated rings. The lowest BCUT2D eigenvalue weighted by molar-refractivity contribution is 0.415. The SMILES string of the molecule is COc1ccc(-c2n[nH]c(=S)n2/N=C\c2ccc(O)cc2O)cc1. The van der Waals surface area contributed by atoms with Crippen LogP contribution in [0.4, 0.5) is 0 Å². The number of phenolic OH excluding ortho intramolecular Hbond substituents is 2. The number of ether oxygens (including phenoxy) is 1. The van der Waals surface area contributed by atoms with Gasteiger partial charge in [0.05, 0.1) is 13.3 Å². The highest BCUT2D eigenvalue weighted by Crippen LogP contribution is 2.23. The van der Waals surface area contributed by atoms with Gasteiger partial charge in [-0.3, -0.25) is 0 Å². The molecule has 0 spiro atoms. The Hall–Kier alpha value is -3.13. The largest absolute Gasteiger partial charge is 0.508 e. The van der Waals surface area contributed by atoms with Crippen molar-refractivity contribution >= 4 is 18.4 Å². The van der Waals surface area contributed by atoms with E-state index in [1.807, 2.05) is 24.3 Å². The summed E-state index contributed by atoms with van der Waals surface area (Å²) in [5.74, 6) is 1.15. The average Bonchev–Trinajstić information content (AvgIpc) is 2.95. The topological polar surface area (TPSA) is 95.7 Å². The van der Waals surface area contributed by atoms with Crippen LogP contribution in [-0.4, -0.2) is 38.4 Å². The standard InChI is InChI=1S/C16H14N4O3S/c1-23-13-6-3-10(4-7-13)15-18-19-16(24)20(15)17-9-11-2-5-12(21)8-14(11)22/h2-9,21-22H,1H3,(H,19,24)/b17-9-. The molecule has 3 N–H and O–H groups in total. The van der Waals surface area contributed by atoms with Gasteiger partial charge in [-0.05, 0) is 48.6 Å². The molecule has 122 valence electrons. The number of aromatic amines is 1. The summed E-state index contributed by atoms with van der Waals surface area (Å²) in [6.45, 7) is 0. The van der Waals surface area contributed by atoms with E-state index in [-0.39, 0.29) is 11.5 Å². The zero-order chi connectivity index (χ0) is 17.1. The number of aromatic nitrogens is 3. The zero-order valence-corrected chi connectivity index (χ0v) is 13.5. The quantitative estimate of drug-likeness (QED) is 0.500. The van der Waals surface area contributed by atoms with Gasteiger partial charge in [-0.25, -0.2) is 5.10 Å². The summed E-state index contributed by atoms with van der Waals surface area (Å²) in [7, 11) is 1.60. The van der Waals surface area contributed by atoms with E-state index in [0.717, 1.165) is 11.3 Å². The highest BCUT2D eigenvalue weighted by atomic mass is 32.1. The van der Waals surface area contributed by atoms with Crippen molar-refractivity contribution in [3.8, 4) is 28.6 Å². The second-order valence-corrected chi connectivity index (χ2v) is 5.27. The van der Waals surface area contributed by atoms with Crippen molar-refractivity contribution in [1.29, 1.82) is 0 Å². The highest BCUT2D eigenvalue weighted by Gasteiger charge is 2.08. The number of hydrogen-bond donors (Lipinski definition) is 3. The number of methoxy groups -OCH3 is 1. The molecule has 0 aliphatic heterocycles. The van der Waals surface area contributed by atoms with Crippen LogP contribution in [0.2, 0.25) is 0 Å². The van der Waals surface area contributed by atoms with Crippen LogP contribution in [-0.2, 0) is 0 Å². The normalized spacial score (nSPS) is 11.0. The molecule has 8 heteroatoms. The van der Waals surface area contributed by atoms with Crippen molar-refractivity contribution in [1.82, 2.24) is 14.9 Å². The van der Waals surface area contributed by atoms with Crippen LogP contribution in [0.15, 0.2) is 47.6 Å². The molecule has 0 saturated carbocycles. The van der Waals surface area contributed by atoms with Crippen molar-refractivity contribution in [3.05, 3.63) is 52.8 Å². The number of aromatic hydroxyl groups is 2. The fourth-order valence-electron chi connectivity index (χ4n) is 2.09. The minimum atomic E-state index is -0.0836. The number of hydrogen-bond acceptors (Lipinski definition) is 6. The molecule has 0 aliphatic carbocycles. The number of benzene rings is 2. The molecule has 1 aromatic heterocycles. The predicted molar refractivity (Wildman–Crippen MR) is 92.2 cm³/mol. The minimum absolute atomic E-state index is 0.0245. The van der Waals surface area contributed by atoms with Crippen molar-refractivity contribution < 1.29 is 14.9 Å². The summed E-state index contributed by atoms with van der Waals surface area (Å²) in [5.41, 5.74) is 1.24. The summed E-state index contributed by atoms with van der Waals surface area (Å²) >= 11 is 5.19. The molecule has 0 atom stereocenters. The zero-order valence-electron chi connectivity index (χ0n) is 12.7. The lowest BCUT2D eigenvalue weighted by Gasteiger charge is -2.03. The molecule has 0 radical (unpaired) electrons. The fourth-order valence-corrected chi connectivity index (χ4v) is 2.27. The molecular formula is C16H14N4O3S. The summed E-state index contributed by atoms with van der Waals surface area (Å²) in [5, 5.41) is 30.3. The molecule has 7 nitrogen and oxygen atoms in total. The van der Waals surface area contributed by atoms with E-state index in [0.29, 0.717) is 16.2 Å². The molecule has 0 bridgehead atoms. The summed E-state index contributed by atoms with van der Waals surface area (Å²) in [6, 6.07) is 11.5. The second kappa shape index (κ2) is 6.55. The molecule has 0 saturated heterocycles. The summed E-state index contributed by atoms with van der Waals surface area (Å²) in [4.78, 5) is 0. The average molecular weight is 342 g/mol. The lowest BCUT2D eigenvalue weighted by atomic mass is 10.2. The Labute approximate surface area is 142 Å². The number of nitrogens with zero attached hydrogens (tertiary/aromatic N) is 3. The van der Waals surface area contributed by atoms with Gasteiger partial charge in [-0.2, -0.15) is 14.9 Å². The maximum absolute atomic E-state index is 9.81. The van der Waals surface area contributed by atoms with Gasteiger partial charge in [-0.1, -0.05) is 0 Å². The van der Waals surface area contributed by atoms with Gasteiger partial charge in [-0.15, -0.1) is 0 Å². The van der Waals surface area contributed by atoms with Crippen LogP contribution in [0.25, 0.3) is 11.4 Å². The van der Waals surface area contributed by atoms with Gasteiger partial charge in [0.25, 0.3) is 0 Å². The highest BCUT2D eigenvalue weighted by molar-refractivity contribution is 7.71. The Morgan fingerprint density at radius 1 is 1.21 bits per heavy atom. The Bertz CT molecular complexity index is 945. The van der Waals surface area contributed by atoms with Crippen LogP contribution in [0.1, 0.15) is 5.56 Å². The molecule has 0 aliphatic rings. The first-order chi connectivity index (χ1) is 11.6. The molecular weight excluding hydrogens is 328 g/mol. The molecule has 1 heterocycles. The van der Waals surface area contributed by atoms with Crippen LogP contribution < -0.4 is 4.74 Å². The molecule has 0 amide bonds. The maximum Gasteiger partial charge on any atom is 0.216 e. The van der Waals surface area contributed by atoms with Crippen molar-refractivity contribution in [2.45, 2.75) is 0 Å². The Morgan fingerprint density at radius 2 is 1.96 bits per heavy atom. The summed E-state index contributed by atoms with van der Waals surface area (Å²) < 4.78 is 6.90. The third-order valence-corrected chi connectivity index (χ3v) is 3.59. The van der Waals surface area contributed by atoms with Gasteiger partial charge in [0, 0.05) is 17.2 Å². The first kappa shape index (κ1) is 15.8. The van der Waals surface area contributed by atoms with Crippen LogP contribution in [0.5, 0.6) is 17.2 Å². The van der Waals surface area contributed by atoms with Crippen LogP contribution >= 0.6 is 12.2 Å². The first-order valence-corrected chi connectivity index (χ1v) is 7.37. The van der Waals surface area contributed by atoms with Crippen LogP contribution in [0.3, 0.4) is 0 Å². The molecule has 24 heavy (non-hydrogen) atoms. The molecule has 0 unspecified atom stereocenters. The molecule has 3 aromatic rings. The molecule has 2 aromatic carbocycles. The smallest absolute Gasteiger partial charge is 0.216 e. The Morgan fingerprint density at radius 3 is 2.62 bits per heavy atom. The van der Waals surface area contributed by atoms with Gasteiger partial charge in [0.15, 0.2) is 5.82 Å². The van der Waals surface area contributed by atoms with E-state index in [1.165, 1.54) is 23.0 Å². The van der Waals surface area contributed by atoms with Crippen LogP contribution in [0, 0.1) is 4.77 Å². The first-order valence-electron chi connectivity index (χ1n) is 6.96. The van der Waals surface area contributed by atoms with E-state index in [9.17, 15) is 10.2 Å². The van der Waals surface area contributed by atoms with Gasteiger partial charge in [0.2, 0.25) is 4.77 Å². The van der Waals surface area contributed by atoms with Gasteiger partial charge < -0.3 is 14.9 Å².